The van der Waals surface area contributed by atoms with Gasteiger partial charge in [-0.15, -0.1) is 11.3 Å². The van der Waals surface area contributed by atoms with Crippen LogP contribution in [0.4, 0.5) is 9.52 Å². The van der Waals surface area contributed by atoms with Crippen molar-refractivity contribution in [2.75, 3.05) is 5.32 Å². The molecule has 0 atom stereocenters. The number of thiazole rings is 1. The van der Waals surface area contributed by atoms with Crippen LogP contribution in [0.5, 0.6) is 0 Å². The maximum absolute atomic E-state index is 13.2. The molecule has 1 amide bonds. The van der Waals surface area contributed by atoms with Gasteiger partial charge in [0.1, 0.15) is 11.5 Å². The van der Waals surface area contributed by atoms with Gasteiger partial charge in [-0.3, -0.25) is 10.1 Å². The molecule has 0 saturated carbocycles. The van der Waals surface area contributed by atoms with Gasteiger partial charge in [0.15, 0.2) is 10.7 Å². The summed E-state index contributed by atoms with van der Waals surface area (Å²) in [7, 11) is 0. The summed E-state index contributed by atoms with van der Waals surface area (Å²) in [6.07, 6.45) is 1.62. The third kappa shape index (κ3) is 3.87. The lowest BCUT2D eigenvalue weighted by molar-refractivity contribution is 0.101. The number of furan rings is 1. The Bertz CT molecular complexity index is 1360. The fraction of sp³-hybridized carbons (Fsp3) is 0.0833. The number of anilines is 1. The summed E-state index contributed by atoms with van der Waals surface area (Å²) in [6, 6.07) is 17.9. The fourth-order valence-corrected chi connectivity index (χ4v) is 4.17. The van der Waals surface area contributed by atoms with E-state index in [1.807, 2.05) is 22.9 Å². The second-order valence-corrected chi connectivity index (χ2v) is 8.13. The molecule has 5 aromatic rings. The normalized spacial score (nSPS) is 11.2. The van der Waals surface area contributed by atoms with Crippen molar-refractivity contribution in [3.05, 3.63) is 94.9 Å². The average molecular weight is 431 g/mol. The van der Waals surface area contributed by atoms with Crippen LogP contribution in [0.2, 0.25) is 0 Å². The highest BCUT2D eigenvalue weighted by molar-refractivity contribution is 7.14. The monoisotopic (exact) mass is 431 g/mol. The number of nitrogens with zero attached hydrogens (tertiary/aromatic N) is 2. The number of carbonyl (C=O) groups excluding carboxylic acids is 1. The van der Waals surface area contributed by atoms with E-state index in [1.165, 1.54) is 29.0 Å². The summed E-state index contributed by atoms with van der Waals surface area (Å²) >= 11 is 1.32. The van der Waals surface area contributed by atoms with Gasteiger partial charge >= 0.3 is 0 Å². The number of rotatable bonds is 5. The fourth-order valence-electron chi connectivity index (χ4n) is 3.46. The number of halogens is 1. The number of nitrogens with one attached hydrogen (secondary N) is 1. The van der Waals surface area contributed by atoms with E-state index in [0.29, 0.717) is 28.6 Å². The molecule has 154 valence electrons. The van der Waals surface area contributed by atoms with Gasteiger partial charge in [0.2, 0.25) is 0 Å². The standard InChI is InChI=1S/C24H18FN3O2S/c1-15-2-4-16(5-3-15)13-28-20-10-11-30-22(20)12-21(28)23(29)27-24-26-19(14-31-24)17-6-8-18(25)9-7-17/h2-12,14H,13H2,1H3,(H,26,27,29). The molecule has 0 aliphatic carbocycles. The van der Waals surface area contributed by atoms with Crippen molar-refractivity contribution in [3.8, 4) is 11.3 Å². The van der Waals surface area contributed by atoms with Crippen LogP contribution in [0.15, 0.2) is 76.7 Å². The highest BCUT2D eigenvalue weighted by Crippen LogP contribution is 2.27. The number of carbonyl (C=O) groups is 1. The molecule has 0 bridgehead atoms. The van der Waals surface area contributed by atoms with Gasteiger partial charge in [0.05, 0.1) is 17.5 Å². The second kappa shape index (κ2) is 7.85. The minimum atomic E-state index is -0.300. The molecular weight excluding hydrogens is 413 g/mol. The van der Waals surface area contributed by atoms with Crippen molar-refractivity contribution in [3.63, 3.8) is 0 Å². The van der Waals surface area contributed by atoms with Gasteiger partial charge < -0.3 is 8.98 Å². The molecule has 0 radical (unpaired) electrons. The summed E-state index contributed by atoms with van der Waals surface area (Å²) in [5.41, 5.74) is 5.76. The summed E-state index contributed by atoms with van der Waals surface area (Å²) in [6.45, 7) is 2.59. The van der Waals surface area contributed by atoms with Crippen LogP contribution in [-0.4, -0.2) is 15.5 Å². The molecule has 5 rings (SSSR count). The first-order valence-corrected chi connectivity index (χ1v) is 10.6. The summed E-state index contributed by atoms with van der Waals surface area (Å²) in [5, 5.41) is 5.19. The lowest BCUT2D eigenvalue weighted by Gasteiger charge is -2.10. The zero-order chi connectivity index (χ0) is 21.4. The molecule has 7 heteroatoms. The number of aromatic nitrogens is 2. The largest absolute Gasteiger partial charge is 0.463 e. The van der Waals surface area contributed by atoms with E-state index in [2.05, 4.69) is 34.6 Å². The van der Waals surface area contributed by atoms with Crippen molar-refractivity contribution >= 4 is 33.5 Å². The summed E-state index contributed by atoms with van der Waals surface area (Å²) in [4.78, 5) is 17.6. The number of hydrogen-bond acceptors (Lipinski definition) is 4. The number of hydrogen-bond donors (Lipinski definition) is 1. The molecule has 1 N–H and O–H groups in total. The maximum Gasteiger partial charge on any atom is 0.274 e. The van der Waals surface area contributed by atoms with Gasteiger partial charge in [0, 0.05) is 29.6 Å². The van der Waals surface area contributed by atoms with E-state index in [-0.39, 0.29) is 11.7 Å². The van der Waals surface area contributed by atoms with Crippen molar-refractivity contribution in [2.24, 2.45) is 0 Å². The molecule has 3 aromatic heterocycles. The first-order valence-electron chi connectivity index (χ1n) is 9.72. The number of amides is 1. The zero-order valence-corrected chi connectivity index (χ0v) is 17.4. The molecular formula is C24H18FN3O2S. The van der Waals surface area contributed by atoms with Crippen LogP contribution in [0.1, 0.15) is 21.6 Å². The Morgan fingerprint density at radius 3 is 2.68 bits per heavy atom. The van der Waals surface area contributed by atoms with Crippen molar-refractivity contribution in [2.45, 2.75) is 13.5 Å². The Hall–Kier alpha value is -3.71. The van der Waals surface area contributed by atoms with Gasteiger partial charge in [-0.25, -0.2) is 9.37 Å². The van der Waals surface area contributed by atoms with Gasteiger partial charge in [0.25, 0.3) is 5.91 Å². The Morgan fingerprint density at radius 1 is 1.13 bits per heavy atom. The molecule has 0 unspecified atom stereocenters. The number of benzene rings is 2. The molecule has 0 aliphatic rings. The van der Waals surface area contributed by atoms with Crippen molar-refractivity contribution < 1.29 is 13.6 Å². The molecule has 0 saturated heterocycles. The Labute approximate surface area is 181 Å². The van der Waals surface area contributed by atoms with E-state index in [1.54, 1.807) is 24.5 Å². The third-order valence-corrected chi connectivity index (χ3v) is 5.84. The topological polar surface area (TPSA) is 60.1 Å². The van der Waals surface area contributed by atoms with E-state index in [0.717, 1.165) is 16.6 Å². The Morgan fingerprint density at radius 2 is 1.90 bits per heavy atom. The van der Waals surface area contributed by atoms with Gasteiger partial charge in [-0.1, -0.05) is 29.8 Å². The first-order chi connectivity index (χ1) is 15.1. The Kier molecular flexibility index (Phi) is 4.88. The molecule has 0 fully saturated rings. The predicted octanol–water partition coefficient (Wildman–Crippen LogP) is 6.11. The first kappa shape index (κ1) is 19.3. The van der Waals surface area contributed by atoms with Crippen LogP contribution in [0, 0.1) is 12.7 Å². The number of fused-ring (bicyclic) bond motifs is 1. The third-order valence-electron chi connectivity index (χ3n) is 5.08. The minimum absolute atomic E-state index is 0.265. The van der Waals surface area contributed by atoms with Gasteiger partial charge in [-0.05, 0) is 36.8 Å². The molecule has 0 spiro atoms. The smallest absolute Gasteiger partial charge is 0.274 e. The van der Waals surface area contributed by atoms with Crippen LogP contribution in [-0.2, 0) is 6.54 Å². The summed E-state index contributed by atoms with van der Waals surface area (Å²) < 4.78 is 20.6. The lowest BCUT2D eigenvalue weighted by Crippen LogP contribution is -2.17. The maximum atomic E-state index is 13.2. The zero-order valence-electron chi connectivity index (χ0n) is 16.6. The second-order valence-electron chi connectivity index (χ2n) is 7.27. The van der Waals surface area contributed by atoms with Crippen molar-refractivity contribution in [1.82, 2.24) is 9.55 Å². The average Bonchev–Trinajstić information content (AvgIpc) is 3.48. The predicted molar refractivity (Wildman–Crippen MR) is 120 cm³/mol. The minimum Gasteiger partial charge on any atom is -0.463 e. The van der Waals surface area contributed by atoms with E-state index in [9.17, 15) is 9.18 Å². The van der Waals surface area contributed by atoms with Crippen molar-refractivity contribution in [1.29, 1.82) is 0 Å². The molecule has 3 heterocycles. The number of aryl methyl sites for hydroxylation is 1. The van der Waals surface area contributed by atoms with E-state index in [4.69, 9.17) is 4.42 Å². The quantitative estimate of drug-likeness (QED) is 0.365. The van der Waals surface area contributed by atoms with Crippen LogP contribution >= 0.6 is 11.3 Å². The van der Waals surface area contributed by atoms with Crippen LogP contribution < -0.4 is 5.32 Å². The van der Waals surface area contributed by atoms with Crippen LogP contribution in [0.3, 0.4) is 0 Å². The highest BCUT2D eigenvalue weighted by Gasteiger charge is 2.19. The molecule has 5 nitrogen and oxygen atoms in total. The van der Waals surface area contributed by atoms with Crippen LogP contribution in [0.25, 0.3) is 22.4 Å². The van der Waals surface area contributed by atoms with Gasteiger partial charge in [-0.2, -0.15) is 0 Å². The SMILES string of the molecule is Cc1ccc(Cn2c(C(=O)Nc3nc(-c4ccc(F)cc4)cs3)cc3occc32)cc1. The Balaban J connectivity index is 1.42. The molecule has 0 aliphatic heterocycles. The summed E-state index contributed by atoms with van der Waals surface area (Å²) in [5.74, 6) is -0.565. The lowest BCUT2D eigenvalue weighted by atomic mass is 10.1. The molecule has 2 aromatic carbocycles. The van der Waals surface area contributed by atoms with E-state index >= 15 is 0 Å². The van der Waals surface area contributed by atoms with E-state index < -0.39 is 0 Å². The molecule has 31 heavy (non-hydrogen) atoms. The highest BCUT2D eigenvalue weighted by atomic mass is 32.1.